The van der Waals surface area contributed by atoms with Gasteiger partial charge in [0.2, 0.25) is 5.91 Å². The Morgan fingerprint density at radius 1 is 1.18 bits per heavy atom. The highest BCUT2D eigenvalue weighted by molar-refractivity contribution is 6.31. The number of aromatic nitrogens is 1. The number of halogens is 2. The molecule has 0 saturated carbocycles. The van der Waals surface area contributed by atoms with E-state index in [-0.39, 0.29) is 18.1 Å². The molecule has 0 aliphatic heterocycles. The van der Waals surface area contributed by atoms with Crippen LogP contribution in [0.5, 0.6) is 5.75 Å². The van der Waals surface area contributed by atoms with Crippen LogP contribution in [0.2, 0.25) is 5.02 Å². The Morgan fingerprint density at radius 2 is 1.93 bits per heavy atom. The first-order valence-corrected chi connectivity index (χ1v) is 8.94. The number of nitrogens with one attached hydrogen (secondary N) is 2. The number of aryl methyl sites for hydroxylation is 1. The molecule has 1 aromatic heterocycles. The summed E-state index contributed by atoms with van der Waals surface area (Å²) in [5.41, 5.74) is 2.95. The number of methoxy groups -OCH3 is 1. The van der Waals surface area contributed by atoms with Crippen molar-refractivity contribution in [1.29, 1.82) is 0 Å². The van der Waals surface area contributed by atoms with E-state index in [0.717, 1.165) is 16.8 Å². The second-order valence-electron chi connectivity index (χ2n) is 6.21. The van der Waals surface area contributed by atoms with Crippen molar-refractivity contribution < 1.29 is 13.9 Å². The Hall–Kier alpha value is -3.12. The molecule has 0 aliphatic rings. The summed E-state index contributed by atoms with van der Waals surface area (Å²) in [5, 5.41) is 6.56. The Morgan fingerprint density at radius 3 is 2.57 bits per heavy atom. The van der Waals surface area contributed by atoms with Crippen molar-refractivity contribution >= 4 is 34.7 Å². The number of pyridine rings is 1. The Bertz CT molecular complexity index is 976. The van der Waals surface area contributed by atoms with Gasteiger partial charge >= 0.3 is 0 Å². The minimum Gasteiger partial charge on any atom is -0.495 e. The van der Waals surface area contributed by atoms with E-state index < -0.39 is 0 Å². The smallest absolute Gasteiger partial charge is 0.228 e. The van der Waals surface area contributed by atoms with E-state index in [4.69, 9.17) is 16.3 Å². The molecule has 0 saturated heterocycles. The first kappa shape index (κ1) is 19.6. The normalized spacial score (nSPS) is 10.4. The van der Waals surface area contributed by atoms with Crippen LogP contribution in [-0.2, 0) is 11.2 Å². The maximum Gasteiger partial charge on any atom is 0.228 e. The van der Waals surface area contributed by atoms with Gasteiger partial charge in [0.15, 0.2) is 0 Å². The van der Waals surface area contributed by atoms with E-state index >= 15 is 0 Å². The highest BCUT2D eigenvalue weighted by Crippen LogP contribution is 2.32. The molecule has 0 fully saturated rings. The van der Waals surface area contributed by atoms with Crippen molar-refractivity contribution in [3.8, 4) is 5.75 Å². The van der Waals surface area contributed by atoms with Crippen molar-refractivity contribution in [2.45, 2.75) is 13.3 Å². The van der Waals surface area contributed by atoms with Gasteiger partial charge in [-0.3, -0.25) is 4.79 Å². The lowest BCUT2D eigenvalue weighted by atomic mass is 10.1. The molecule has 144 valence electrons. The van der Waals surface area contributed by atoms with Gasteiger partial charge in [-0.15, -0.1) is 0 Å². The number of benzene rings is 2. The van der Waals surface area contributed by atoms with E-state index in [1.807, 2.05) is 13.0 Å². The molecule has 2 N–H and O–H groups in total. The maximum absolute atomic E-state index is 12.9. The van der Waals surface area contributed by atoms with Crippen LogP contribution in [0.4, 0.5) is 21.6 Å². The third kappa shape index (κ3) is 4.98. The molecule has 28 heavy (non-hydrogen) atoms. The van der Waals surface area contributed by atoms with Gasteiger partial charge in [-0.1, -0.05) is 23.7 Å². The molecule has 3 rings (SSSR count). The first-order chi connectivity index (χ1) is 13.4. The molecular weight excluding hydrogens is 381 g/mol. The molecule has 0 aliphatic carbocycles. The molecule has 1 heterocycles. The summed E-state index contributed by atoms with van der Waals surface area (Å²) in [6.07, 6.45) is 1.71. The number of carbonyl (C=O) groups excluding carboxylic acids is 1. The van der Waals surface area contributed by atoms with Gasteiger partial charge in [-0.25, -0.2) is 9.37 Å². The number of anilines is 3. The van der Waals surface area contributed by atoms with E-state index in [2.05, 4.69) is 15.6 Å². The number of ether oxygens (including phenoxy) is 1. The average molecular weight is 400 g/mol. The fourth-order valence-electron chi connectivity index (χ4n) is 2.60. The summed E-state index contributed by atoms with van der Waals surface area (Å²) < 4.78 is 18.3. The molecule has 3 aromatic rings. The van der Waals surface area contributed by atoms with Crippen LogP contribution in [-0.4, -0.2) is 18.0 Å². The van der Waals surface area contributed by atoms with Gasteiger partial charge in [-0.2, -0.15) is 0 Å². The monoisotopic (exact) mass is 399 g/mol. The zero-order valence-electron chi connectivity index (χ0n) is 15.4. The zero-order chi connectivity index (χ0) is 20.1. The first-order valence-electron chi connectivity index (χ1n) is 8.56. The average Bonchev–Trinajstić information content (AvgIpc) is 2.68. The summed E-state index contributed by atoms with van der Waals surface area (Å²) >= 11 is 6.12. The van der Waals surface area contributed by atoms with E-state index in [1.165, 1.54) is 12.1 Å². The van der Waals surface area contributed by atoms with Crippen LogP contribution in [0.15, 0.2) is 54.7 Å². The Labute approximate surface area is 167 Å². The van der Waals surface area contributed by atoms with Crippen LogP contribution in [0.1, 0.15) is 11.1 Å². The van der Waals surface area contributed by atoms with E-state index in [9.17, 15) is 9.18 Å². The fraction of sp³-hybridized carbons (Fsp3) is 0.143. The van der Waals surface area contributed by atoms with Crippen molar-refractivity contribution in [3.63, 3.8) is 0 Å². The lowest BCUT2D eigenvalue weighted by Crippen LogP contribution is -2.14. The lowest BCUT2D eigenvalue weighted by Gasteiger charge is -2.13. The molecular formula is C21H19ClFN3O2. The van der Waals surface area contributed by atoms with Gasteiger partial charge in [0.25, 0.3) is 0 Å². The summed E-state index contributed by atoms with van der Waals surface area (Å²) in [5.74, 6) is 0.665. The van der Waals surface area contributed by atoms with Gasteiger partial charge in [-0.05, 0) is 48.4 Å². The minimum absolute atomic E-state index is 0.154. The number of amides is 1. The number of rotatable bonds is 6. The van der Waals surface area contributed by atoms with Crippen LogP contribution in [0, 0.1) is 12.7 Å². The van der Waals surface area contributed by atoms with Crippen LogP contribution in [0.25, 0.3) is 0 Å². The number of hydrogen-bond donors (Lipinski definition) is 2. The standard InChI is InChI=1S/C21H19ClFN3O2/c1-13-9-18(19(28-2)11-17(13)22)26-20-8-7-16(12-24-20)25-21(27)10-14-3-5-15(23)6-4-14/h3-9,11-12H,10H2,1-2H3,(H,24,26)(H,25,27). The van der Waals surface area contributed by atoms with Crippen molar-refractivity contribution in [2.75, 3.05) is 17.7 Å². The zero-order valence-corrected chi connectivity index (χ0v) is 16.2. The van der Waals surface area contributed by atoms with Gasteiger partial charge < -0.3 is 15.4 Å². The highest BCUT2D eigenvalue weighted by Gasteiger charge is 2.09. The van der Waals surface area contributed by atoms with Crippen LogP contribution >= 0.6 is 11.6 Å². The Balaban J connectivity index is 1.64. The maximum atomic E-state index is 12.9. The number of hydrogen-bond acceptors (Lipinski definition) is 4. The molecule has 0 unspecified atom stereocenters. The third-order valence-electron chi connectivity index (χ3n) is 4.07. The lowest BCUT2D eigenvalue weighted by molar-refractivity contribution is -0.115. The molecule has 0 spiro atoms. The fourth-order valence-corrected chi connectivity index (χ4v) is 2.76. The largest absolute Gasteiger partial charge is 0.495 e. The minimum atomic E-state index is -0.330. The number of carbonyl (C=O) groups is 1. The number of nitrogens with zero attached hydrogens (tertiary/aromatic N) is 1. The van der Waals surface area contributed by atoms with E-state index in [0.29, 0.717) is 22.3 Å². The van der Waals surface area contributed by atoms with Crippen LogP contribution < -0.4 is 15.4 Å². The summed E-state index contributed by atoms with van der Waals surface area (Å²) in [6.45, 7) is 1.90. The Kier molecular flexibility index (Phi) is 6.11. The van der Waals surface area contributed by atoms with Crippen molar-refractivity contribution in [3.05, 3.63) is 76.7 Å². The third-order valence-corrected chi connectivity index (χ3v) is 4.48. The van der Waals surface area contributed by atoms with Crippen molar-refractivity contribution in [1.82, 2.24) is 4.98 Å². The quantitative estimate of drug-likeness (QED) is 0.604. The van der Waals surface area contributed by atoms with E-state index in [1.54, 1.807) is 43.6 Å². The second-order valence-corrected chi connectivity index (χ2v) is 6.62. The SMILES string of the molecule is COc1cc(Cl)c(C)cc1Nc1ccc(NC(=O)Cc2ccc(F)cc2)cn1. The molecule has 2 aromatic carbocycles. The topological polar surface area (TPSA) is 63.2 Å². The van der Waals surface area contributed by atoms with Gasteiger partial charge in [0.1, 0.15) is 17.4 Å². The molecule has 0 bridgehead atoms. The summed E-state index contributed by atoms with van der Waals surface area (Å²) in [4.78, 5) is 16.4. The predicted molar refractivity (Wildman–Crippen MR) is 109 cm³/mol. The van der Waals surface area contributed by atoms with Crippen LogP contribution in [0.3, 0.4) is 0 Å². The second kappa shape index (κ2) is 8.71. The van der Waals surface area contributed by atoms with Gasteiger partial charge in [0, 0.05) is 11.1 Å². The predicted octanol–water partition coefficient (Wildman–Crippen LogP) is 5.12. The van der Waals surface area contributed by atoms with Gasteiger partial charge in [0.05, 0.1) is 31.1 Å². The molecule has 1 amide bonds. The van der Waals surface area contributed by atoms with Crippen molar-refractivity contribution in [2.24, 2.45) is 0 Å². The molecule has 0 atom stereocenters. The highest BCUT2D eigenvalue weighted by atomic mass is 35.5. The summed E-state index contributed by atoms with van der Waals surface area (Å²) in [6, 6.07) is 12.9. The summed E-state index contributed by atoms with van der Waals surface area (Å²) in [7, 11) is 1.57. The molecule has 7 heteroatoms. The molecule has 5 nitrogen and oxygen atoms in total. The molecule has 0 radical (unpaired) electrons.